The molecule has 0 radical (unpaired) electrons. The molecular weight excluding hydrogens is 236 g/mol. The quantitative estimate of drug-likeness (QED) is 0.863. The molecule has 1 N–H and O–H groups in total. The summed E-state index contributed by atoms with van der Waals surface area (Å²) in [4.78, 5) is 24.3. The highest BCUT2D eigenvalue weighted by atomic mass is 16.5. The molecule has 0 spiro atoms. The van der Waals surface area contributed by atoms with Crippen LogP contribution in [0.15, 0.2) is 4.52 Å². The summed E-state index contributed by atoms with van der Waals surface area (Å²) in [6.45, 7) is 4.02. The normalized spacial score (nSPS) is 21.7. The number of carboxylic acid groups (broad SMARTS) is 1. The Morgan fingerprint density at radius 3 is 2.56 bits per heavy atom. The summed E-state index contributed by atoms with van der Waals surface area (Å²) in [5, 5.41) is 12.6. The molecule has 1 aliphatic rings. The lowest BCUT2D eigenvalue weighted by atomic mass is 10.2. The SMILES string of the molecule is Cc1noc(C)c1CN(C)C(=O)[C@H]1C[C@@H]1C(=O)O. The molecule has 0 saturated heterocycles. The lowest BCUT2D eigenvalue weighted by molar-refractivity contribution is -0.141. The Balaban J connectivity index is 1.99. The molecular formula is C12H16N2O4. The summed E-state index contributed by atoms with van der Waals surface area (Å²) >= 11 is 0. The van der Waals surface area contributed by atoms with Gasteiger partial charge in [0, 0.05) is 12.6 Å². The van der Waals surface area contributed by atoms with Crippen LogP contribution in [0.3, 0.4) is 0 Å². The minimum atomic E-state index is -0.890. The molecule has 1 aromatic heterocycles. The van der Waals surface area contributed by atoms with Crippen molar-refractivity contribution in [2.24, 2.45) is 11.8 Å². The first-order valence-corrected chi connectivity index (χ1v) is 5.81. The van der Waals surface area contributed by atoms with Gasteiger partial charge in [0.15, 0.2) is 0 Å². The number of carboxylic acids is 1. The summed E-state index contributed by atoms with van der Waals surface area (Å²) < 4.78 is 5.03. The fraction of sp³-hybridized carbons (Fsp3) is 0.583. The van der Waals surface area contributed by atoms with Gasteiger partial charge in [-0.2, -0.15) is 0 Å². The third-order valence-corrected chi connectivity index (χ3v) is 3.38. The molecule has 1 fully saturated rings. The van der Waals surface area contributed by atoms with Crippen molar-refractivity contribution >= 4 is 11.9 Å². The standard InChI is InChI=1S/C12H16N2O4/c1-6-10(7(2)18-13-6)5-14(3)11(15)8-4-9(8)12(16)17/h8-9H,4-5H2,1-3H3,(H,16,17)/t8-,9-/m0/s1. The van der Waals surface area contributed by atoms with Crippen LogP contribution >= 0.6 is 0 Å². The van der Waals surface area contributed by atoms with E-state index in [1.807, 2.05) is 6.92 Å². The number of carbonyl (C=O) groups excluding carboxylic acids is 1. The number of aryl methyl sites for hydroxylation is 2. The van der Waals surface area contributed by atoms with E-state index in [1.165, 1.54) is 0 Å². The predicted molar refractivity (Wildman–Crippen MR) is 61.7 cm³/mol. The molecule has 1 heterocycles. The molecule has 1 aromatic rings. The van der Waals surface area contributed by atoms with Crippen LogP contribution in [0.2, 0.25) is 0 Å². The van der Waals surface area contributed by atoms with Gasteiger partial charge in [0.1, 0.15) is 5.76 Å². The smallest absolute Gasteiger partial charge is 0.307 e. The van der Waals surface area contributed by atoms with Gasteiger partial charge in [-0.3, -0.25) is 9.59 Å². The number of carbonyl (C=O) groups is 2. The molecule has 0 aromatic carbocycles. The van der Waals surface area contributed by atoms with Crippen LogP contribution in [-0.2, 0) is 16.1 Å². The molecule has 6 nitrogen and oxygen atoms in total. The fourth-order valence-corrected chi connectivity index (χ4v) is 2.07. The van der Waals surface area contributed by atoms with Crippen molar-refractivity contribution in [2.45, 2.75) is 26.8 Å². The second-order valence-corrected chi connectivity index (χ2v) is 4.78. The first kappa shape index (κ1) is 12.6. The van der Waals surface area contributed by atoms with Gasteiger partial charge < -0.3 is 14.5 Å². The van der Waals surface area contributed by atoms with E-state index in [0.29, 0.717) is 18.7 Å². The van der Waals surface area contributed by atoms with Gasteiger partial charge in [-0.25, -0.2) is 0 Å². The molecule has 2 atom stereocenters. The van der Waals surface area contributed by atoms with Crippen molar-refractivity contribution < 1.29 is 19.2 Å². The molecule has 18 heavy (non-hydrogen) atoms. The largest absolute Gasteiger partial charge is 0.481 e. The zero-order chi connectivity index (χ0) is 13.4. The van der Waals surface area contributed by atoms with Crippen LogP contribution in [0.4, 0.5) is 0 Å². The fourth-order valence-electron chi connectivity index (χ4n) is 2.07. The van der Waals surface area contributed by atoms with Gasteiger partial charge in [-0.05, 0) is 20.3 Å². The van der Waals surface area contributed by atoms with Crippen molar-refractivity contribution in [2.75, 3.05) is 7.05 Å². The average molecular weight is 252 g/mol. The first-order valence-electron chi connectivity index (χ1n) is 5.81. The summed E-state index contributed by atoms with van der Waals surface area (Å²) in [5.41, 5.74) is 1.65. The molecule has 2 rings (SSSR count). The van der Waals surface area contributed by atoms with Gasteiger partial charge in [0.2, 0.25) is 5.91 Å². The second-order valence-electron chi connectivity index (χ2n) is 4.78. The van der Waals surface area contributed by atoms with E-state index >= 15 is 0 Å². The molecule has 0 unspecified atom stereocenters. The third kappa shape index (κ3) is 2.23. The molecule has 1 aliphatic carbocycles. The molecule has 98 valence electrons. The lowest BCUT2D eigenvalue weighted by Gasteiger charge is -2.16. The maximum atomic E-state index is 12.0. The Kier molecular flexibility index (Phi) is 3.11. The van der Waals surface area contributed by atoms with E-state index in [0.717, 1.165) is 11.3 Å². The number of rotatable bonds is 4. The van der Waals surface area contributed by atoms with Crippen molar-refractivity contribution in [3.8, 4) is 0 Å². The van der Waals surface area contributed by atoms with Gasteiger partial charge in [-0.1, -0.05) is 5.16 Å². The van der Waals surface area contributed by atoms with E-state index in [-0.39, 0.29) is 11.8 Å². The maximum absolute atomic E-state index is 12.0. The number of amides is 1. The van der Waals surface area contributed by atoms with E-state index in [4.69, 9.17) is 9.63 Å². The van der Waals surface area contributed by atoms with Crippen molar-refractivity contribution in [3.05, 3.63) is 17.0 Å². The van der Waals surface area contributed by atoms with Crippen LogP contribution in [-0.4, -0.2) is 34.1 Å². The number of hydrogen-bond donors (Lipinski definition) is 1. The lowest BCUT2D eigenvalue weighted by Crippen LogP contribution is -2.29. The molecule has 6 heteroatoms. The Hall–Kier alpha value is -1.85. The van der Waals surface area contributed by atoms with E-state index < -0.39 is 11.9 Å². The van der Waals surface area contributed by atoms with Crippen LogP contribution in [0.1, 0.15) is 23.4 Å². The molecule has 1 saturated carbocycles. The predicted octanol–water partition coefficient (Wildman–Crippen LogP) is 0.971. The number of hydrogen-bond acceptors (Lipinski definition) is 4. The monoisotopic (exact) mass is 252 g/mol. The number of aliphatic carboxylic acids is 1. The van der Waals surface area contributed by atoms with Gasteiger partial charge in [0.25, 0.3) is 0 Å². The van der Waals surface area contributed by atoms with Gasteiger partial charge >= 0.3 is 5.97 Å². The molecule has 0 aliphatic heterocycles. The first-order chi connectivity index (χ1) is 8.41. The van der Waals surface area contributed by atoms with Crippen LogP contribution in [0.5, 0.6) is 0 Å². The van der Waals surface area contributed by atoms with E-state index in [9.17, 15) is 9.59 Å². The maximum Gasteiger partial charge on any atom is 0.307 e. The highest BCUT2D eigenvalue weighted by Crippen LogP contribution is 2.40. The third-order valence-electron chi connectivity index (χ3n) is 3.38. The summed E-state index contributed by atoms with van der Waals surface area (Å²) in [6.07, 6.45) is 0.445. The van der Waals surface area contributed by atoms with Crippen LogP contribution < -0.4 is 0 Å². The Labute approximate surface area is 105 Å². The average Bonchev–Trinajstić information content (AvgIpc) is 3.05. The number of aromatic nitrogens is 1. The minimum absolute atomic E-state index is 0.123. The summed E-state index contributed by atoms with van der Waals surface area (Å²) in [5.74, 6) is -1.20. The Morgan fingerprint density at radius 2 is 2.11 bits per heavy atom. The summed E-state index contributed by atoms with van der Waals surface area (Å²) in [7, 11) is 1.67. The second kappa shape index (κ2) is 4.44. The number of nitrogens with zero attached hydrogens (tertiary/aromatic N) is 2. The van der Waals surface area contributed by atoms with Crippen LogP contribution in [0, 0.1) is 25.7 Å². The molecule has 1 amide bonds. The minimum Gasteiger partial charge on any atom is -0.481 e. The van der Waals surface area contributed by atoms with E-state index in [2.05, 4.69) is 5.16 Å². The molecule has 0 bridgehead atoms. The van der Waals surface area contributed by atoms with Crippen LogP contribution in [0.25, 0.3) is 0 Å². The zero-order valence-corrected chi connectivity index (χ0v) is 10.6. The van der Waals surface area contributed by atoms with Crippen molar-refractivity contribution in [1.82, 2.24) is 10.1 Å². The van der Waals surface area contributed by atoms with Crippen molar-refractivity contribution in [3.63, 3.8) is 0 Å². The summed E-state index contributed by atoms with van der Waals surface area (Å²) in [6, 6.07) is 0. The highest BCUT2D eigenvalue weighted by Gasteiger charge is 2.49. The Morgan fingerprint density at radius 1 is 1.44 bits per heavy atom. The van der Waals surface area contributed by atoms with Gasteiger partial charge in [-0.15, -0.1) is 0 Å². The van der Waals surface area contributed by atoms with Gasteiger partial charge in [0.05, 0.1) is 24.1 Å². The topological polar surface area (TPSA) is 83.6 Å². The zero-order valence-electron chi connectivity index (χ0n) is 10.6. The Bertz CT molecular complexity index is 475. The van der Waals surface area contributed by atoms with E-state index in [1.54, 1.807) is 18.9 Å². The van der Waals surface area contributed by atoms with Crippen molar-refractivity contribution in [1.29, 1.82) is 0 Å². The highest BCUT2D eigenvalue weighted by molar-refractivity contribution is 5.89.